The Balaban J connectivity index is 0.00000648. The Morgan fingerprint density at radius 2 is 1.53 bits per heavy atom. The third-order valence-corrected chi connectivity index (χ3v) is 6.87. The number of Topliss-reactive ketones (excluding diaryl/α,β-unsaturated/α-hetero) is 1. The average molecular weight is 614 g/mol. The number of nitrogens with zero attached hydrogens (tertiary/aromatic N) is 2. The van der Waals surface area contributed by atoms with Gasteiger partial charge in [0.1, 0.15) is 6.04 Å². The molecule has 0 spiro atoms. The monoisotopic (exact) mass is 613 g/mol. The Labute approximate surface area is 234 Å². The number of carbonyl (C=O) groups excluding carboxylic acids is 4. The summed E-state index contributed by atoms with van der Waals surface area (Å²) < 4.78 is 0.662. The fourth-order valence-electron chi connectivity index (χ4n) is 4.69. The number of ketones is 1. The molecule has 1 aromatic carbocycles. The van der Waals surface area contributed by atoms with E-state index in [0.29, 0.717) is 16.6 Å². The van der Waals surface area contributed by atoms with Gasteiger partial charge in [-0.25, -0.2) is 0 Å². The van der Waals surface area contributed by atoms with Crippen LogP contribution in [0.4, 0.5) is 0 Å². The van der Waals surface area contributed by atoms with Crippen LogP contribution in [0.25, 0.3) is 0 Å². The molecule has 2 rings (SSSR count). The standard InChI is InChI=1S/C28H43N3O4.HI/c1-4-6-8-13-19-31(3,20-14-9-7-5-2)22-26(33)29-24-17-18-27(34)30(28(24)35)21-25(32)23-15-11-10-12-16-23;/h10-12,15-16,24H,4-9,13-14,17-22H2,1-3H3;1H. The number of quaternary nitrogens is 1. The molecule has 1 fully saturated rings. The Bertz CT molecular complexity index is 834. The summed E-state index contributed by atoms with van der Waals surface area (Å²) in [6.45, 7) is 6.28. The van der Waals surface area contributed by atoms with Gasteiger partial charge < -0.3 is 33.8 Å². The number of unbranched alkanes of at least 4 members (excludes halogenated alkanes) is 6. The van der Waals surface area contributed by atoms with Crippen molar-refractivity contribution in [3.63, 3.8) is 0 Å². The van der Waals surface area contributed by atoms with E-state index in [1.54, 1.807) is 30.3 Å². The second-order valence-corrected chi connectivity index (χ2v) is 10.1. The Hall–Kier alpha value is -1.81. The minimum atomic E-state index is -0.766. The van der Waals surface area contributed by atoms with E-state index in [1.807, 2.05) is 0 Å². The van der Waals surface area contributed by atoms with Gasteiger partial charge in [-0.15, -0.1) is 0 Å². The molecule has 1 aliphatic rings. The molecule has 1 aromatic rings. The summed E-state index contributed by atoms with van der Waals surface area (Å²) in [6, 6.07) is 7.86. The highest BCUT2D eigenvalue weighted by Crippen LogP contribution is 2.16. The molecule has 1 atom stereocenters. The van der Waals surface area contributed by atoms with E-state index in [2.05, 4.69) is 26.2 Å². The Morgan fingerprint density at radius 1 is 0.944 bits per heavy atom. The summed E-state index contributed by atoms with van der Waals surface area (Å²) >= 11 is 0. The van der Waals surface area contributed by atoms with Crippen molar-refractivity contribution in [3.8, 4) is 0 Å². The number of hydrogen-bond donors (Lipinski definition) is 1. The molecule has 7 nitrogen and oxygen atoms in total. The van der Waals surface area contributed by atoms with Gasteiger partial charge in [0.25, 0.3) is 11.8 Å². The molecule has 1 N–H and O–H groups in total. The van der Waals surface area contributed by atoms with Gasteiger partial charge in [-0.3, -0.25) is 24.1 Å². The predicted molar refractivity (Wildman–Crippen MR) is 138 cm³/mol. The van der Waals surface area contributed by atoms with Crippen molar-refractivity contribution in [3.05, 3.63) is 35.9 Å². The largest absolute Gasteiger partial charge is 1.00 e. The molecule has 1 saturated heterocycles. The SMILES string of the molecule is CCCCCC[N+](C)(CCCCCC)CC(=O)NC1CCC(=O)N(CC(=O)c2ccccc2)C1=O.[I-]. The number of likely N-dealkylation sites (tertiary alicyclic amines) is 1. The molecule has 0 saturated carbocycles. The molecule has 0 aliphatic carbocycles. The quantitative estimate of drug-likeness (QED) is 0.0997. The first-order chi connectivity index (χ1) is 16.8. The lowest BCUT2D eigenvalue weighted by Gasteiger charge is -2.35. The van der Waals surface area contributed by atoms with E-state index in [9.17, 15) is 19.2 Å². The van der Waals surface area contributed by atoms with Gasteiger partial charge in [0, 0.05) is 12.0 Å². The first-order valence-corrected chi connectivity index (χ1v) is 13.3. The van der Waals surface area contributed by atoms with Gasteiger partial charge in [0.2, 0.25) is 5.91 Å². The molecule has 0 radical (unpaired) electrons. The Morgan fingerprint density at radius 3 is 2.08 bits per heavy atom. The number of rotatable bonds is 16. The molecule has 0 aromatic heterocycles. The highest BCUT2D eigenvalue weighted by atomic mass is 127. The van der Waals surface area contributed by atoms with Crippen molar-refractivity contribution < 1.29 is 47.6 Å². The number of halogens is 1. The third-order valence-electron chi connectivity index (χ3n) is 6.87. The first-order valence-electron chi connectivity index (χ1n) is 13.3. The van der Waals surface area contributed by atoms with E-state index in [4.69, 9.17) is 0 Å². The lowest BCUT2D eigenvalue weighted by atomic mass is 10.0. The highest BCUT2D eigenvalue weighted by Gasteiger charge is 2.37. The number of carbonyl (C=O) groups is 4. The summed E-state index contributed by atoms with van der Waals surface area (Å²) in [7, 11) is 2.13. The van der Waals surface area contributed by atoms with E-state index >= 15 is 0 Å². The van der Waals surface area contributed by atoms with Crippen LogP contribution in [0, 0.1) is 0 Å². The highest BCUT2D eigenvalue weighted by molar-refractivity contribution is 6.07. The van der Waals surface area contributed by atoms with Crippen molar-refractivity contribution in [2.45, 2.75) is 84.1 Å². The molecule has 3 amide bonds. The second-order valence-electron chi connectivity index (χ2n) is 10.1. The minimum Gasteiger partial charge on any atom is -1.00 e. The number of benzene rings is 1. The smallest absolute Gasteiger partial charge is 0.275 e. The van der Waals surface area contributed by atoms with Gasteiger partial charge >= 0.3 is 0 Å². The number of piperidine rings is 1. The van der Waals surface area contributed by atoms with Crippen LogP contribution in [0.2, 0.25) is 0 Å². The van der Waals surface area contributed by atoms with Crippen molar-refractivity contribution in [1.82, 2.24) is 10.2 Å². The zero-order valence-corrected chi connectivity index (χ0v) is 24.4. The van der Waals surface area contributed by atoms with Crippen LogP contribution in [-0.4, -0.2) is 72.2 Å². The van der Waals surface area contributed by atoms with E-state index in [1.165, 1.54) is 25.7 Å². The van der Waals surface area contributed by atoms with Crippen LogP contribution in [-0.2, 0) is 14.4 Å². The fourth-order valence-corrected chi connectivity index (χ4v) is 4.69. The lowest BCUT2D eigenvalue weighted by molar-refractivity contribution is -0.902. The number of imide groups is 1. The molecule has 202 valence electrons. The first kappa shape index (κ1) is 32.2. The van der Waals surface area contributed by atoms with Crippen LogP contribution in [0.1, 0.15) is 88.4 Å². The molecule has 1 unspecified atom stereocenters. The second kappa shape index (κ2) is 16.8. The van der Waals surface area contributed by atoms with Gasteiger partial charge in [0.15, 0.2) is 12.3 Å². The average Bonchev–Trinajstić information content (AvgIpc) is 2.84. The van der Waals surface area contributed by atoms with Crippen LogP contribution in [0.15, 0.2) is 30.3 Å². The molecule has 1 aliphatic heterocycles. The van der Waals surface area contributed by atoms with E-state index in [0.717, 1.165) is 43.7 Å². The maximum Gasteiger partial charge on any atom is 0.275 e. The molecular formula is C28H44IN3O4. The summed E-state index contributed by atoms with van der Waals surface area (Å²) in [5, 5.41) is 2.88. The van der Waals surface area contributed by atoms with E-state index in [-0.39, 0.29) is 61.0 Å². The van der Waals surface area contributed by atoms with Crippen LogP contribution < -0.4 is 29.3 Å². The van der Waals surface area contributed by atoms with Crippen LogP contribution in [0.5, 0.6) is 0 Å². The van der Waals surface area contributed by atoms with Crippen molar-refractivity contribution in [2.24, 2.45) is 0 Å². The number of hydrogen-bond acceptors (Lipinski definition) is 4. The number of nitrogens with one attached hydrogen (secondary N) is 1. The Kier molecular flexibility index (Phi) is 15.1. The normalized spacial score (nSPS) is 16.0. The summed E-state index contributed by atoms with van der Waals surface area (Å²) in [5.41, 5.74) is 0.457. The maximum atomic E-state index is 13.0. The molecule has 1 heterocycles. The zero-order chi connectivity index (χ0) is 25.7. The van der Waals surface area contributed by atoms with Crippen molar-refractivity contribution >= 4 is 23.5 Å². The fraction of sp³-hybridized carbons (Fsp3) is 0.643. The van der Waals surface area contributed by atoms with Crippen LogP contribution in [0.3, 0.4) is 0 Å². The maximum absolute atomic E-state index is 13.0. The lowest BCUT2D eigenvalue weighted by Crippen LogP contribution is -3.00. The van der Waals surface area contributed by atoms with Crippen LogP contribution >= 0.6 is 0 Å². The molecule has 8 heteroatoms. The van der Waals surface area contributed by atoms with Gasteiger partial charge in [-0.2, -0.15) is 0 Å². The third kappa shape index (κ3) is 10.7. The summed E-state index contributed by atoms with van der Waals surface area (Å²) in [5.74, 6) is -1.31. The summed E-state index contributed by atoms with van der Waals surface area (Å²) in [6.07, 6.45) is 9.64. The molecule has 0 bridgehead atoms. The minimum absolute atomic E-state index is 0. The zero-order valence-electron chi connectivity index (χ0n) is 22.3. The topological polar surface area (TPSA) is 83.6 Å². The predicted octanol–water partition coefficient (Wildman–Crippen LogP) is 1.11. The number of amides is 3. The van der Waals surface area contributed by atoms with Crippen molar-refractivity contribution in [2.75, 3.05) is 33.2 Å². The van der Waals surface area contributed by atoms with Gasteiger partial charge in [-0.1, -0.05) is 69.9 Å². The van der Waals surface area contributed by atoms with E-state index < -0.39 is 11.9 Å². The molecular weight excluding hydrogens is 569 g/mol. The molecule has 36 heavy (non-hydrogen) atoms. The van der Waals surface area contributed by atoms with Gasteiger partial charge in [0.05, 0.1) is 26.7 Å². The van der Waals surface area contributed by atoms with Crippen molar-refractivity contribution in [1.29, 1.82) is 0 Å². The summed E-state index contributed by atoms with van der Waals surface area (Å²) in [4.78, 5) is 52.1. The van der Waals surface area contributed by atoms with Gasteiger partial charge in [-0.05, 0) is 32.1 Å². The number of likely N-dealkylation sites (N-methyl/N-ethyl adjacent to an activating group) is 1.